The van der Waals surface area contributed by atoms with Gasteiger partial charge in [0.25, 0.3) is 0 Å². The van der Waals surface area contributed by atoms with Crippen LogP contribution in [0, 0.1) is 11.3 Å². The molecule has 0 amide bonds. The third kappa shape index (κ3) is 1.93. The monoisotopic (exact) mass is 194 g/mol. The first-order chi connectivity index (χ1) is 6.72. The number of phenols is 1. The van der Waals surface area contributed by atoms with E-state index in [1.807, 2.05) is 11.5 Å². The molecular weight excluding hydrogens is 184 g/mol. The van der Waals surface area contributed by atoms with Crippen molar-refractivity contribution >= 4 is 0 Å². The highest BCUT2D eigenvalue weighted by molar-refractivity contribution is 5.54. The Hall–Kier alpha value is -1.77. The lowest BCUT2D eigenvalue weighted by atomic mass is 10.1. The van der Waals surface area contributed by atoms with Crippen LogP contribution in [0.2, 0.25) is 0 Å². The van der Waals surface area contributed by atoms with Crippen molar-refractivity contribution in [2.45, 2.75) is 6.54 Å². The summed E-state index contributed by atoms with van der Waals surface area (Å²) < 4.78 is 4.84. The number of hydroxylamine groups is 1. The van der Waals surface area contributed by atoms with Crippen LogP contribution in [0.25, 0.3) is 0 Å². The molecular formula is C9H10N2O3. The summed E-state index contributed by atoms with van der Waals surface area (Å²) in [5, 5.41) is 26.6. The van der Waals surface area contributed by atoms with Gasteiger partial charge in [-0.2, -0.15) is 5.26 Å². The summed E-state index contributed by atoms with van der Waals surface area (Å²) in [7, 11) is 1.37. The van der Waals surface area contributed by atoms with Gasteiger partial charge in [-0.15, -0.1) is 0 Å². The summed E-state index contributed by atoms with van der Waals surface area (Å²) in [4.78, 5) is 0. The molecule has 0 heterocycles. The first-order valence-corrected chi connectivity index (χ1v) is 3.90. The molecule has 0 aliphatic heterocycles. The van der Waals surface area contributed by atoms with Gasteiger partial charge in [-0.3, -0.25) is 0 Å². The molecule has 0 aliphatic rings. The molecule has 3 N–H and O–H groups in total. The van der Waals surface area contributed by atoms with Crippen LogP contribution in [0.4, 0.5) is 0 Å². The van der Waals surface area contributed by atoms with E-state index in [1.54, 1.807) is 0 Å². The second-order valence-corrected chi connectivity index (χ2v) is 2.64. The molecule has 0 saturated heterocycles. The van der Waals surface area contributed by atoms with Crippen LogP contribution in [0.3, 0.4) is 0 Å². The lowest BCUT2D eigenvalue weighted by molar-refractivity contribution is 0.161. The topological polar surface area (TPSA) is 85.5 Å². The van der Waals surface area contributed by atoms with E-state index in [9.17, 15) is 5.11 Å². The maximum Gasteiger partial charge on any atom is 0.178 e. The second kappa shape index (κ2) is 4.46. The number of nitrogens with zero attached hydrogens (tertiary/aromatic N) is 1. The number of hydrogen-bond acceptors (Lipinski definition) is 5. The smallest absolute Gasteiger partial charge is 0.178 e. The summed E-state index contributed by atoms with van der Waals surface area (Å²) in [6.07, 6.45) is 0. The van der Waals surface area contributed by atoms with Gasteiger partial charge < -0.3 is 15.1 Å². The van der Waals surface area contributed by atoms with Gasteiger partial charge in [-0.05, 0) is 17.7 Å². The zero-order valence-electron chi connectivity index (χ0n) is 7.61. The molecule has 0 spiro atoms. The zero-order valence-corrected chi connectivity index (χ0v) is 7.61. The van der Waals surface area contributed by atoms with Gasteiger partial charge >= 0.3 is 0 Å². The second-order valence-electron chi connectivity index (χ2n) is 2.64. The van der Waals surface area contributed by atoms with Crippen LogP contribution in [0.1, 0.15) is 11.1 Å². The predicted octanol–water partition coefficient (Wildman–Crippen LogP) is 0.751. The summed E-state index contributed by atoms with van der Waals surface area (Å²) >= 11 is 0. The van der Waals surface area contributed by atoms with E-state index in [2.05, 4.69) is 0 Å². The average Bonchev–Trinajstić information content (AvgIpc) is 2.17. The number of nitrogens with one attached hydrogen (secondary N) is 1. The van der Waals surface area contributed by atoms with Crippen LogP contribution in [-0.4, -0.2) is 17.4 Å². The van der Waals surface area contributed by atoms with Crippen molar-refractivity contribution in [1.29, 1.82) is 5.26 Å². The van der Waals surface area contributed by atoms with Crippen molar-refractivity contribution in [3.8, 4) is 17.6 Å². The van der Waals surface area contributed by atoms with Crippen molar-refractivity contribution < 1.29 is 15.1 Å². The van der Waals surface area contributed by atoms with Crippen LogP contribution < -0.4 is 10.2 Å². The number of rotatable bonds is 3. The fourth-order valence-electron chi connectivity index (χ4n) is 1.16. The number of nitriles is 1. The van der Waals surface area contributed by atoms with Crippen LogP contribution in [0.15, 0.2) is 12.1 Å². The number of benzene rings is 1. The Labute approximate surface area is 81.1 Å². The predicted molar refractivity (Wildman–Crippen MR) is 48.0 cm³/mol. The van der Waals surface area contributed by atoms with Crippen molar-refractivity contribution in [2.75, 3.05) is 7.11 Å². The standard InChI is InChI=1S/C9H10N2O3/c1-14-9-7(4-10)2-6(5-11-13)3-8(9)12/h2-3,11-13H,5H2,1H3. The number of methoxy groups -OCH3 is 1. The van der Waals surface area contributed by atoms with Gasteiger partial charge in [0.15, 0.2) is 11.5 Å². The molecule has 1 aromatic carbocycles. The number of aromatic hydroxyl groups is 1. The fraction of sp³-hybridized carbons (Fsp3) is 0.222. The molecule has 0 saturated carbocycles. The largest absolute Gasteiger partial charge is 0.504 e. The Bertz CT molecular complexity index is 371. The molecule has 0 fully saturated rings. The zero-order chi connectivity index (χ0) is 10.6. The van der Waals surface area contributed by atoms with Crippen molar-refractivity contribution in [2.24, 2.45) is 0 Å². The van der Waals surface area contributed by atoms with Gasteiger partial charge in [0.2, 0.25) is 0 Å². The minimum atomic E-state index is -0.114. The molecule has 0 aromatic heterocycles. The maximum absolute atomic E-state index is 9.44. The van der Waals surface area contributed by atoms with Gasteiger partial charge in [-0.25, -0.2) is 5.48 Å². The average molecular weight is 194 g/mol. The summed E-state index contributed by atoms with van der Waals surface area (Å²) in [6.45, 7) is 0.159. The lowest BCUT2D eigenvalue weighted by Crippen LogP contribution is -2.06. The van der Waals surface area contributed by atoms with Crippen molar-refractivity contribution in [1.82, 2.24) is 5.48 Å². The molecule has 0 aliphatic carbocycles. The minimum absolute atomic E-state index is 0.114. The maximum atomic E-state index is 9.44. The first-order valence-electron chi connectivity index (χ1n) is 3.90. The molecule has 0 atom stereocenters. The summed E-state index contributed by atoms with van der Waals surface area (Å²) in [5.74, 6) is 0.0333. The van der Waals surface area contributed by atoms with Gasteiger partial charge in [0.1, 0.15) is 6.07 Å². The molecule has 74 valence electrons. The molecule has 5 heteroatoms. The van der Waals surface area contributed by atoms with Gasteiger partial charge in [0.05, 0.1) is 12.7 Å². The van der Waals surface area contributed by atoms with E-state index >= 15 is 0 Å². The van der Waals surface area contributed by atoms with E-state index in [0.717, 1.165) is 0 Å². The lowest BCUT2D eigenvalue weighted by Gasteiger charge is -2.07. The van der Waals surface area contributed by atoms with Crippen LogP contribution >= 0.6 is 0 Å². The SMILES string of the molecule is COc1c(O)cc(CNO)cc1C#N. The Morgan fingerprint density at radius 1 is 1.57 bits per heavy atom. The molecule has 1 aromatic rings. The van der Waals surface area contributed by atoms with Gasteiger partial charge in [0, 0.05) is 6.54 Å². The quantitative estimate of drug-likeness (QED) is 0.618. The molecule has 14 heavy (non-hydrogen) atoms. The number of phenolic OH excluding ortho intramolecular Hbond substituents is 1. The summed E-state index contributed by atoms with van der Waals surface area (Å²) in [5.41, 5.74) is 2.77. The van der Waals surface area contributed by atoms with E-state index in [-0.39, 0.29) is 23.6 Å². The Kier molecular flexibility index (Phi) is 3.29. The van der Waals surface area contributed by atoms with Gasteiger partial charge in [-0.1, -0.05) is 0 Å². The van der Waals surface area contributed by atoms with E-state index < -0.39 is 0 Å². The number of hydrogen-bond donors (Lipinski definition) is 3. The minimum Gasteiger partial charge on any atom is -0.504 e. The Morgan fingerprint density at radius 3 is 2.79 bits per heavy atom. The third-order valence-electron chi connectivity index (χ3n) is 1.74. The molecule has 5 nitrogen and oxygen atoms in total. The molecule has 1 rings (SSSR count). The molecule has 0 bridgehead atoms. The Morgan fingerprint density at radius 2 is 2.29 bits per heavy atom. The van der Waals surface area contributed by atoms with E-state index in [1.165, 1.54) is 19.2 Å². The molecule has 0 unspecified atom stereocenters. The highest BCUT2D eigenvalue weighted by Gasteiger charge is 2.09. The van der Waals surface area contributed by atoms with E-state index in [0.29, 0.717) is 5.56 Å². The third-order valence-corrected chi connectivity index (χ3v) is 1.74. The Balaban J connectivity index is 3.19. The van der Waals surface area contributed by atoms with Crippen LogP contribution in [0.5, 0.6) is 11.5 Å². The summed E-state index contributed by atoms with van der Waals surface area (Å²) in [6, 6.07) is 4.84. The van der Waals surface area contributed by atoms with Crippen molar-refractivity contribution in [3.05, 3.63) is 23.3 Å². The van der Waals surface area contributed by atoms with E-state index in [4.69, 9.17) is 15.2 Å². The van der Waals surface area contributed by atoms with Crippen molar-refractivity contribution in [3.63, 3.8) is 0 Å². The molecule has 0 radical (unpaired) electrons. The fourth-order valence-corrected chi connectivity index (χ4v) is 1.16. The highest BCUT2D eigenvalue weighted by Crippen LogP contribution is 2.30. The first kappa shape index (κ1) is 10.3. The number of ether oxygens (including phenoxy) is 1. The van der Waals surface area contributed by atoms with Crippen LogP contribution in [-0.2, 0) is 6.54 Å². The normalized spacial score (nSPS) is 9.50. The highest BCUT2D eigenvalue weighted by atomic mass is 16.5.